The van der Waals surface area contributed by atoms with Gasteiger partial charge in [0.25, 0.3) is 0 Å². The molecule has 0 nitrogen and oxygen atoms in total. The number of hydrogen-bond acceptors (Lipinski definition) is 1. The van der Waals surface area contributed by atoms with E-state index in [9.17, 15) is 0 Å². The molecule has 2 saturated carbocycles. The van der Waals surface area contributed by atoms with Crippen LogP contribution in [-0.2, 0) is 0 Å². The van der Waals surface area contributed by atoms with E-state index >= 15 is 0 Å². The van der Waals surface area contributed by atoms with Crippen molar-refractivity contribution in [3.63, 3.8) is 0 Å². The largest absolute Gasteiger partial charge is 0.179 e. The monoisotopic (exact) mass is 170 g/mol. The average Bonchev–Trinajstić information content (AvgIpc) is 2.47. The van der Waals surface area contributed by atoms with Crippen LogP contribution in [0, 0.1) is 23.7 Å². The fourth-order valence-corrected chi connectivity index (χ4v) is 3.53. The fraction of sp³-hybridized carbons (Fsp3) is 1.00. The summed E-state index contributed by atoms with van der Waals surface area (Å²) in [5.41, 5.74) is 0. The molecule has 0 radical (unpaired) electrons. The molecule has 0 spiro atoms. The normalized spacial score (nSPS) is 48.5. The summed E-state index contributed by atoms with van der Waals surface area (Å²) in [7, 11) is 0. The Hall–Kier alpha value is 0.350. The molecule has 4 unspecified atom stereocenters. The molecule has 2 bridgehead atoms. The van der Waals surface area contributed by atoms with Gasteiger partial charge in [0, 0.05) is 0 Å². The Morgan fingerprint density at radius 2 is 2.00 bits per heavy atom. The first-order valence-electron chi connectivity index (χ1n) is 4.92. The minimum atomic E-state index is 1.04. The van der Waals surface area contributed by atoms with Crippen molar-refractivity contribution in [3.05, 3.63) is 0 Å². The Balaban J connectivity index is 1.92. The second-order valence-corrected chi connectivity index (χ2v) is 4.92. The molecule has 64 valence electrons. The van der Waals surface area contributed by atoms with Crippen molar-refractivity contribution in [2.45, 2.75) is 32.6 Å². The van der Waals surface area contributed by atoms with Crippen molar-refractivity contribution >= 4 is 12.6 Å². The first kappa shape index (κ1) is 7.97. The van der Waals surface area contributed by atoms with E-state index in [1.807, 2.05) is 0 Å². The molecule has 2 aliphatic carbocycles. The quantitative estimate of drug-likeness (QED) is 0.605. The Morgan fingerprint density at radius 1 is 1.18 bits per heavy atom. The van der Waals surface area contributed by atoms with Crippen LogP contribution in [0.1, 0.15) is 32.6 Å². The van der Waals surface area contributed by atoms with Crippen LogP contribution in [0.5, 0.6) is 0 Å². The standard InChI is InChI=1S/C10H18S/c1-7-4-10-6-9(7)5-8(10)2-3-11/h7-11H,2-6H2,1H3. The van der Waals surface area contributed by atoms with E-state index < -0.39 is 0 Å². The zero-order valence-electron chi connectivity index (χ0n) is 7.29. The molecule has 1 heteroatoms. The number of thiol groups is 1. The predicted octanol–water partition coefficient (Wildman–Crippen LogP) is 2.99. The third-order valence-corrected chi connectivity index (χ3v) is 4.12. The molecule has 11 heavy (non-hydrogen) atoms. The lowest BCUT2D eigenvalue weighted by Gasteiger charge is -2.24. The predicted molar refractivity (Wildman–Crippen MR) is 52.0 cm³/mol. The summed E-state index contributed by atoms with van der Waals surface area (Å²) in [6, 6.07) is 0. The minimum Gasteiger partial charge on any atom is -0.179 e. The summed E-state index contributed by atoms with van der Waals surface area (Å²) in [6.45, 7) is 2.43. The van der Waals surface area contributed by atoms with E-state index in [1.54, 1.807) is 6.42 Å². The van der Waals surface area contributed by atoms with E-state index in [1.165, 1.54) is 19.3 Å². The van der Waals surface area contributed by atoms with E-state index in [-0.39, 0.29) is 0 Å². The van der Waals surface area contributed by atoms with Gasteiger partial charge < -0.3 is 0 Å². The average molecular weight is 170 g/mol. The third-order valence-electron chi connectivity index (χ3n) is 3.86. The molecule has 0 amide bonds. The van der Waals surface area contributed by atoms with Crippen LogP contribution < -0.4 is 0 Å². The SMILES string of the molecule is CC1CC2CC1CC2CCS. The molecule has 2 fully saturated rings. The molecule has 4 atom stereocenters. The van der Waals surface area contributed by atoms with Gasteiger partial charge in [-0.3, -0.25) is 0 Å². The van der Waals surface area contributed by atoms with Crippen LogP contribution >= 0.6 is 12.6 Å². The summed E-state index contributed by atoms with van der Waals surface area (Å²) in [5.74, 6) is 5.36. The van der Waals surface area contributed by atoms with Gasteiger partial charge in [-0.2, -0.15) is 12.6 Å². The fourth-order valence-electron chi connectivity index (χ4n) is 3.20. The van der Waals surface area contributed by atoms with Gasteiger partial charge in [0.15, 0.2) is 0 Å². The minimum absolute atomic E-state index is 1.04. The summed E-state index contributed by atoms with van der Waals surface area (Å²) in [5, 5.41) is 0. The maximum atomic E-state index is 4.31. The van der Waals surface area contributed by atoms with Crippen molar-refractivity contribution < 1.29 is 0 Å². The van der Waals surface area contributed by atoms with Gasteiger partial charge in [-0.1, -0.05) is 6.92 Å². The molecule has 2 aliphatic rings. The lowest BCUT2D eigenvalue weighted by atomic mass is 9.82. The molecule has 0 aromatic rings. The maximum absolute atomic E-state index is 4.31. The van der Waals surface area contributed by atoms with E-state index in [4.69, 9.17) is 0 Å². The van der Waals surface area contributed by atoms with Gasteiger partial charge in [-0.25, -0.2) is 0 Å². The second kappa shape index (κ2) is 3.01. The lowest BCUT2D eigenvalue weighted by Crippen LogP contribution is -2.15. The van der Waals surface area contributed by atoms with Crippen LogP contribution in [0.3, 0.4) is 0 Å². The summed E-state index contributed by atoms with van der Waals surface area (Å²) >= 11 is 4.31. The van der Waals surface area contributed by atoms with Crippen LogP contribution in [0.15, 0.2) is 0 Å². The number of hydrogen-bond donors (Lipinski definition) is 1. The summed E-state index contributed by atoms with van der Waals surface area (Å²) < 4.78 is 0. The Labute approximate surface area is 75.2 Å². The van der Waals surface area contributed by atoms with Crippen molar-refractivity contribution in [2.24, 2.45) is 23.7 Å². The molecule has 0 saturated heterocycles. The van der Waals surface area contributed by atoms with Gasteiger partial charge in [0.1, 0.15) is 0 Å². The van der Waals surface area contributed by atoms with Gasteiger partial charge in [-0.05, 0) is 55.1 Å². The Morgan fingerprint density at radius 3 is 2.45 bits per heavy atom. The third kappa shape index (κ3) is 1.32. The lowest BCUT2D eigenvalue weighted by molar-refractivity contribution is 0.267. The molecule has 0 heterocycles. The molecule has 0 aromatic heterocycles. The van der Waals surface area contributed by atoms with Gasteiger partial charge in [0.05, 0.1) is 0 Å². The Kier molecular flexibility index (Phi) is 2.18. The van der Waals surface area contributed by atoms with Crippen molar-refractivity contribution in [1.82, 2.24) is 0 Å². The van der Waals surface area contributed by atoms with E-state index in [2.05, 4.69) is 19.6 Å². The molecule has 0 aliphatic heterocycles. The summed E-state index contributed by atoms with van der Waals surface area (Å²) in [6.07, 6.45) is 5.95. The number of rotatable bonds is 2. The highest BCUT2D eigenvalue weighted by Gasteiger charge is 2.42. The van der Waals surface area contributed by atoms with Gasteiger partial charge in [0.2, 0.25) is 0 Å². The van der Waals surface area contributed by atoms with Crippen LogP contribution in [0.25, 0.3) is 0 Å². The van der Waals surface area contributed by atoms with Crippen molar-refractivity contribution in [1.29, 1.82) is 0 Å². The highest BCUT2D eigenvalue weighted by molar-refractivity contribution is 7.80. The Bertz CT molecular complexity index is 142. The maximum Gasteiger partial charge on any atom is -0.00952 e. The highest BCUT2D eigenvalue weighted by Crippen LogP contribution is 2.52. The first-order valence-corrected chi connectivity index (χ1v) is 5.55. The number of fused-ring (bicyclic) bond motifs is 2. The van der Waals surface area contributed by atoms with Gasteiger partial charge in [-0.15, -0.1) is 0 Å². The highest BCUT2D eigenvalue weighted by atomic mass is 32.1. The topological polar surface area (TPSA) is 0 Å². The molecule has 0 N–H and O–H groups in total. The van der Waals surface area contributed by atoms with Crippen molar-refractivity contribution in [3.8, 4) is 0 Å². The molecule has 2 rings (SSSR count). The van der Waals surface area contributed by atoms with Crippen molar-refractivity contribution in [2.75, 3.05) is 5.75 Å². The van der Waals surface area contributed by atoms with Crippen LogP contribution in [-0.4, -0.2) is 5.75 Å². The molecular formula is C10H18S. The second-order valence-electron chi connectivity index (χ2n) is 4.48. The summed E-state index contributed by atoms with van der Waals surface area (Å²) in [4.78, 5) is 0. The first-order chi connectivity index (χ1) is 5.31. The zero-order chi connectivity index (χ0) is 7.84. The molecule has 0 aromatic carbocycles. The van der Waals surface area contributed by atoms with E-state index in [0.717, 1.165) is 29.4 Å². The van der Waals surface area contributed by atoms with E-state index in [0.29, 0.717) is 0 Å². The van der Waals surface area contributed by atoms with Crippen LogP contribution in [0.2, 0.25) is 0 Å². The molecular weight excluding hydrogens is 152 g/mol. The van der Waals surface area contributed by atoms with Crippen LogP contribution in [0.4, 0.5) is 0 Å². The van der Waals surface area contributed by atoms with Gasteiger partial charge >= 0.3 is 0 Å². The smallest absolute Gasteiger partial charge is 0.00952 e. The zero-order valence-corrected chi connectivity index (χ0v) is 8.19.